The molecule has 1 N–H and O–H groups in total. The molecule has 0 fully saturated rings. The lowest BCUT2D eigenvalue weighted by molar-refractivity contribution is -0.137. The number of aromatic nitrogens is 2. The number of benzene rings is 1. The molecule has 1 unspecified atom stereocenters. The second kappa shape index (κ2) is 6.45. The van der Waals surface area contributed by atoms with E-state index in [0.717, 1.165) is 18.3 Å². The van der Waals surface area contributed by atoms with E-state index in [2.05, 4.69) is 5.10 Å². The van der Waals surface area contributed by atoms with Gasteiger partial charge in [-0.2, -0.15) is 18.3 Å². The number of carboxylic acids is 1. The second-order valence-corrected chi connectivity index (χ2v) is 5.73. The predicted molar refractivity (Wildman–Crippen MR) is 83.2 cm³/mol. The van der Waals surface area contributed by atoms with Gasteiger partial charge in [-0.05, 0) is 24.3 Å². The molecule has 1 aromatic carbocycles. The molecule has 2 heterocycles. The summed E-state index contributed by atoms with van der Waals surface area (Å²) < 4.78 is 44.6. The smallest absolute Gasteiger partial charge is 0.416 e. The molecule has 0 aliphatic carbocycles. The molecule has 0 saturated carbocycles. The Morgan fingerprint density at radius 3 is 2.54 bits per heavy atom. The summed E-state index contributed by atoms with van der Waals surface area (Å²) in [4.78, 5) is 25.4. The lowest BCUT2D eigenvalue weighted by atomic mass is 10.1. The quantitative estimate of drug-likeness (QED) is 0.895. The molecule has 0 radical (unpaired) electrons. The number of carboxylic acid groups (broad SMARTS) is 1. The zero-order valence-corrected chi connectivity index (χ0v) is 13.5. The third-order valence-electron chi connectivity index (χ3n) is 4.08. The maximum Gasteiger partial charge on any atom is 0.416 e. The zero-order valence-electron chi connectivity index (χ0n) is 13.5. The Balaban J connectivity index is 2.02. The van der Waals surface area contributed by atoms with E-state index in [-0.39, 0.29) is 30.1 Å². The summed E-state index contributed by atoms with van der Waals surface area (Å²) in [5, 5.41) is 13.2. The number of rotatable bonds is 4. The maximum absolute atomic E-state index is 12.8. The van der Waals surface area contributed by atoms with Crippen LogP contribution >= 0.6 is 0 Å². The molecule has 1 aliphatic heterocycles. The average Bonchev–Trinajstić information content (AvgIpc) is 3.03. The fraction of sp³-hybridized carbons (Fsp3) is 0.312. The van der Waals surface area contributed by atoms with Crippen LogP contribution in [0.4, 0.5) is 18.9 Å². The van der Waals surface area contributed by atoms with Gasteiger partial charge in [0.15, 0.2) is 0 Å². The summed E-state index contributed by atoms with van der Waals surface area (Å²) >= 11 is 0. The molecule has 1 aliphatic rings. The van der Waals surface area contributed by atoms with Crippen LogP contribution in [-0.2, 0) is 10.9 Å². The number of hydrogen-bond donors (Lipinski definition) is 1. The van der Waals surface area contributed by atoms with Crippen molar-refractivity contribution in [2.24, 2.45) is 0 Å². The van der Waals surface area contributed by atoms with E-state index >= 15 is 0 Å². The number of carbonyl (C=O) groups excluding carboxylic acids is 1. The molecule has 26 heavy (non-hydrogen) atoms. The van der Waals surface area contributed by atoms with Crippen molar-refractivity contribution in [2.75, 3.05) is 25.2 Å². The van der Waals surface area contributed by atoms with Crippen LogP contribution in [0.15, 0.2) is 30.5 Å². The number of amides is 1. The molecule has 1 atom stereocenters. The highest BCUT2D eigenvalue weighted by Gasteiger charge is 2.37. The van der Waals surface area contributed by atoms with Gasteiger partial charge >= 0.3 is 12.1 Å². The number of halogens is 3. The van der Waals surface area contributed by atoms with Crippen molar-refractivity contribution in [3.63, 3.8) is 0 Å². The van der Waals surface area contributed by atoms with Crippen LogP contribution in [-0.4, -0.2) is 47.0 Å². The summed E-state index contributed by atoms with van der Waals surface area (Å²) in [7, 11) is 1.44. The Morgan fingerprint density at radius 2 is 2.00 bits per heavy atom. The number of anilines is 1. The minimum absolute atomic E-state index is 0.0891. The van der Waals surface area contributed by atoms with Gasteiger partial charge in [0.05, 0.1) is 31.0 Å². The van der Waals surface area contributed by atoms with Crippen LogP contribution in [0.25, 0.3) is 0 Å². The van der Waals surface area contributed by atoms with Gasteiger partial charge in [-0.3, -0.25) is 9.48 Å². The molecule has 0 saturated heterocycles. The Labute approximate surface area is 145 Å². The van der Waals surface area contributed by atoms with Crippen molar-refractivity contribution in [2.45, 2.75) is 12.2 Å². The fourth-order valence-electron chi connectivity index (χ4n) is 2.88. The van der Waals surface area contributed by atoms with Crippen molar-refractivity contribution in [3.8, 4) is 0 Å². The number of hydrogen-bond acceptors (Lipinski definition) is 4. The maximum atomic E-state index is 12.8. The minimum Gasteiger partial charge on any atom is -0.478 e. The Morgan fingerprint density at radius 1 is 1.35 bits per heavy atom. The summed E-state index contributed by atoms with van der Waals surface area (Å²) in [6.45, 7) is 0.240. The normalized spacial score (nSPS) is 17.3. The first-order valence-electron chi connectivity index (χ1n) is 7.53. The molecule has 1 amide bonds. The van der Waals surface area contributed by atoms with E-state index in [1.54, 1.807) is 0 Å². The molecular formula is C16H14F3N3O4. The lowest BCUT2D eigenvalue weighted by Gasteiger charge is -2.33. The van der Waals surface area contributed by atoms with Gasteiger partial charge < -0.3 is 14.7 Å². The van der Waals surface area contributed by atoms with E-state index < -0.39 is 29.7 Å². The highest BCUT2D eigenvalue weighted by molar-refractivity contribution is 6.11. The topological polar surface area (TPSA) is 84.7 Å². The van der Waals surface area contributed by atoms with Gasteiger partial charge in [0.25, 0.3) is 5.91 Å². The van der Waals surface area contributed by atoms with Crippen LogP contribution in [0.3, 0.4) is 0 Å². The van der Waals surface area contributed by atoms with Crippen molar-refractivity contribution >= 4 is 17.6 Å². The number of nitrogens with zero attached hydrogens (tertiary/aromatic N) is 3. The van der Waals surface area contributed by atoms with Gasteiger partial charge in [-0.25, -0.2) is 4.79 Å². The third-order valence-corrected chi connectivity index (χ3v) is 4.08. The van der Waals surface area contributed by atoms with Gasteiger partial charge in [-0.1, -0.05) is 0 Å². The Hall–Kier alpha value is -2.88. The van der Waals surface area contributed by atoms with Crippen LogP contribution < -0.4 is 4.90 Å². The van der Waals surface area contributed by atoms with Crippen LogP contribution in [0.5, 0.6) is 0 Å². The minimum atomic E-state index is -4.49. The van der Waals surface area contributed by atoms with Gasteiger partial charge in [-0.15, -0.1) is 0 Å². The highest BCUT2D eigenvalue weighted by Crippen LogP contribution is 2.32. The molecule has 7 nitrogen and oxygen atoms in total. The summed E-state index contributed by atoms with van der Waals surface area (Å²) in [6, 6.07) is 3.63. The third kappa shape index (κ3) is 3.03. The Kier molecular flexibility index (Phi) is 4.45. The first-order valence-corrected chi connectivity index (χ1v) is 7.53. The van der Waals surface area contributed by atoms with Crippen molar-refractivity contribution in [1.29, 1.82) is 0 Å². The van der Waals surface area contributed by atoms with E-state index in [0.29, 0.717) is 0 Å². The average molecular weight is 369 g/mol. The fourth-order valence-corrected chi connectivity index (χ4v) is 2.88. The van der Waals surface area contributed by atoms with Gasteiger partial charge in [0.1, 0.15) is 11.3 Å². The van der Waals surface area contributed by atoms with Crippen molar-refractivity contribution in [1.82, 2.24) is 9.78 Å². The molecule has 0 bridgehead atoms. The molecular weight excluding hydrogens is 355 g/mol. The van der Waals surface area contributed by atoms with Crippen LogP contribution in [0.1, 0.15) is 32.5 Å². The standard InChI is InChI=1S/C16H14F3N3O4/c1-26-8-11-7-21(10-4-2-9(3-5-10)16(17,18)19)14(23)13-12(15(24)25)6-20-22(11)13/h2-6,11H,7-8H2,1H3,(H,24,25). The number of methoxy groups -OCH3 is 1. The number of alkyl halides is 3. The van der Waals surface area contributed by atoms with E-state index in [1.807, 2.05) is 0 Å². The summed E-state index contributed by atoms with van der Waals surface area (Å²) in [5.74, 6) is -1.96. The van der Waals surface area contributed by atoms with E-state index in [9.17, 15) is 27.9 Å². The summed E-state index contributed by atoms with van der Waals surface area (Å²) in [5.41, 5.74) is -1.01. The first-order chi connectivity index (χ1) is 12.2. The van der Waals surface area contributed by atoms with Crippen molar-refractivity contribution < 1.29 is 32.6 Å². The second-order valence-electron chi connectivity index (χ2n) is 5.73. The summed E-state index contributed by atoms with van der Waals surface area (Å²) in [6.07, 6.45) is -3.41. The molecule has 2 aromatic rings. The number of ether oxygens (including phenoxy) is 1. The lowest BCUT2D eigenvalue weighted by Crippen LogP contribution is -2.45. The monoisotopic (exact) mass is 369 g/mol. The predicted octanol–water partition coefficient (Wildman–Crippen LogP) is 2.45. The Bertz CT molecular complexity index is 845. The van der Waals surface area contributed by atoms with Gasteiger partial charge in [0, 0.05) is 12.8 Å². The van der Waals surface area contributed by atoms with E-state index in [1.165, 1.54) is 28.8 Å². The molecule has 3 rings (SSSR count). The molecule has 0 spiro atoms. The highest BCUT2D eigenvalue weighted by atomic mass is 19.4. The number of aromatic carboxylic acids is 1. The zero-order chi connectivity index (χ0) is 19.1. The van der Waals surface area contributed by atoms with E-state index in [4.69, 9.17) is 4.74 Å². The molecule has 1 aromatic heterocycles. The first kappa shape index (κ1) is 17.9. The molecule has 10 heteroatoms. The van der Waals surface area contributed by atoms with Gasteiger partial charge in [0.2, 0.25) is 0 Å². The van der Waals surface area contributed by atoms with Crippen LogP contribution in [0.2, 0.25) is 0 Å². The van der Waals surface area contributed by atoms with Crippen molar-refractivity contribution in [3.05, 3.63) is 47.3 Å². The van der Waals surface area contributed by atoms with Crippen LogP contribution in [0, 0.1) is 0 Å². The number of fused-ring (bicyclic) bond motifs is 1. The number of carbonyl (C=O) groups is 2. The molecule has 138 valence electrons. The largest absolute Gasteiger partial charge is 0.478 e. The SMILES string of the molecule is COCC1CN(c2ccc(C(F)(F)F)cc2)C(=O)c2c(C(=O)O)cnn21.